The summed E-state index contributed by atoms with van der Waals surface area (Å²) in [5, 5.41) is 19.7. The third-order valence-electron chi connectivity index (χ3n) is 3.09. The number of hydrogen-bond acceptors (Lipinski definition) is 5. The highest BCUT2D eigenvalue weighted by Gasteiger charge is 2.09. The van der Waals surface area contributed by atoms with Gasteiger partial charge in [0.25, 0.3) is 0 Å². The smallest absolute Gasteiger partial charge is 0.324 e. The van der Waals surface area contributed by atoms with Crippen molar-refractivity contribution in [2.75, 3.05) is 10.6 Å². The van der Waals surface area contributed by atoms with Crippen LogP contribution in [0.4, 0.5) is 16.3 Å². The average Bonchev–Trinajstić information content (AvgIpc) is 3.06. The number of rotatable bonds is 4. The molecule has 0 unspecified atom stereocenters. The fraction of sp³-hybridized carbons (Fsp3) is 0. The highest BCUT2D eigenvalue weighted by Crippen LogP contribution is 2.22. The van der Waals surface area contributed by atoms with Gasteiger partial charge >= 0.3 is 6.03 Å². The Balaban J connectivity index is 1.61. The van der Waals surface area contributed by atoms with Gasteiger partial charge in [0.2, 0.25) is 0 Å². The molecule has 0 saturated carbocycles. The van der Waals surface area contributed by atoms with Crippen LogP contribution in [0.25, 0.3) is 11.3 Å². The van der Waals surface area contributed by atoms with Crippen molar-refractivity contribution in [1.82, 2.24) is 5.16 Å². The number of urea groups is 1. The number of amides is 2. The number of nitrogens with zero attached hydrogens (tertiary/aromatic N) is 2. The van der Waals surface area contributed by atoms with Crippen molar-refractivity contribution in [2.45, 2.75) is 4.90 Å². The van der Waals surface area contributed by atoms with Crippen molar-refractivity contribution >= 4 is 29.3 Å². The van der Waals surface area contributed by atoms with E-state index in [2.05, 4.69) is 15.8 Å². The standard InChI is InChI=1S/C17H12N4O2S/c18-11-24-14-8-6-13(7-9-14)19-17(22)20-16-10-15(23-21-16)12-4-2-1-3-5-12/h1-10H,(H2,19,20,21,22). The van der Waals surface area contributed by atoms with Gasteiger partial charge in [0.05, 0.1) is 0 Å². The van der Waals surface area contributed by atoms with Gasteiger partial charge in [-0.05, 0) is 36.0 Å². The number of thioether (sulfide) groups is 1. The Labute approximate surface area is 142 Å². The van der Waals surface area contributed by atoms with E-state index in [4.69, 9.17) is 9.78 Å². The van der Waals surface area contributed by atoms with E-state index in [-0.39, 0.29) is 0 Å². The maximum Gasteiger partial charge on any atom is 0.324 e. The summed E-state index contributed by atoms with van der Waals surface area (Å²) in [4.78, 5) is 12.8. The Morgan fingerprint density at radius 1 is 1.08 bits per heavy atom. The first-order valence-electron chi connectivity index (χ1n) is 7.01. The van der Waals surface area contributed by atoms with Crippen LogP contribution in [0.2, 0.25) is 0 Å². The molecule has 0 radical (unpaired) electrons. The summed E-state index contributed by atoms with van der Waals surface area (Å²) in [5.74, 6) is 0.895. The number of hydrogen-bond donors (Lipinski definition) is 2. The van der Waals surface area contributed by atoms with Crippen molar-refractivity contribution in [3.05, 3.63) is 60.7 Å². The topological polar surface area (TPSA) is 91.0 Å². The summed E-state index contributed by atoms with van der Waals surface area (Å²) in [6.07, 6.45) is 0. The Morgan fingerprint density at radius 2 is 1.83 bits per heavy atom. The molecule has 0 saturated heterocycles. The number of thiocyanates is 1. The Bertz CT molecular complexity index is 870. The molecule has 2 amide bonds. The van der Waals surface area contributed by atoms with E-state index >= 15 is 0 Å². The van der Waals surface area contributed by atoms with Gasteiger partial charge < -0.3 is 9.84 Å². The second-order valence-electron chi connectivity index (χ2n) is 4.74. The monoisotopic (exact) mass is 336 g/mol. The van der Waals surface area contributed by atoms with E-state index in [1.807, 2.05) is 35.7 Å². The lowest BCUT2D eigenvalue weighted by Crippen LogP contribution is -2.19. The zero-order chi connectivity index (χ0) is 16.8. The third kappa shape index (κ3) is 3.94. The first kappa shape index (κ1) is 15.6. The number of anilines is 2. The van der Waals surface area contributed by atoms with Crippen LogP contribution in [0.3, 0.4) is 0 Å². The highest BCUT2D eigenvalue weighted by atomic mass is 32.2. The Kier molecular flexibility index (Phi) is 4.79. The number of nitriles is 1. The molecular weight excluding hydrogens is 324 g/mol. The molecule has 7 heteroatoms. The first-order valence-corrected chi connectivity index (χ1v) is 7.82. The van der Waals surface area contributed by atoms with Crippen LogP contribution in [0, 0.1) is 10.7 Å². The van der Waals surface area contributed by atoms with Crippen LogP contribution >= 0.6 is 11.8 Å². The fourth-order valence-corrected chi connectivity index (χ4v) is 2.39. The van der Waals surface area contributed by atoms with E-state index < -0.39 is 6.03 Å². The van der Waals surface area contributed by atoms with E-state index in [9.17, 15) is 4.79 Å². The van der Waals surface area contributed by atoms with Crippen LogP contribution < -0.4 is 10.6 Å². The third-order valence-corrected chi connectivity index (χ3v) is 3.68. The van der Waals surface area contributed by atoms with Crippen molar-refractivity contribution in [2.24, 2.45) is 0 Å². The Hall–Kier alpha value is -3.24. The van der Waals surface area contributed by atoms with E-state index in [0.717, 1.165) is 22.2 Å². The lowest BCUT2D eigenvalue weighted by Gasteiger charge is -2.05. The molecular formula is C17H12N4O2S. The van der Waals surface area contributed by atoms with Crippen molar-refractivity contribution in [3.63, 3.8) is 0 Å². The van der Waals surface area contributed by atoms with Gasteiger partial charge in [-0.2, -0.15) is 5.26 Å². The summed E-state index contributed by atoms with van der Waals surface area (Å²) in [7, 11) is 0. The van der Waals surface area contributed by atoms with Crippen LogP contribution in [0.5, 0.6) is 0 Å². The SMILES string of the molecule is N#CSc1ccc(NC(=O)Nc2cc(-c3ccccc3)on2)cc1. The first-order chi connectivity index (χ1) is 11.7. The van der Waals surface area contributed by atoms with Gasteiger partial charge in [-0.1, -0.05) is 35.5 Å². The van der Waals surface area contributed by atoms with Crippen LogP contribution in [0.15, 0.2) is 70.1 Å². The molecule has 0 aliphatic heterocycles. The van der Waals surface area contributed by atoms with Gasteiger partial charge in [0, 0.05) is 22.2 Å². The molecule has 0 aliphatic carbocycles. The predicted octanol–water partition coefficient (Wildman–Crippen LogP) is 4.56. The zero-order valence-electron chi connectivity index (χ0n) is 12.4. The quantitative estimate of drug-likeness (QED) is 0.538. The van der Waals surface area contributed by atoms with E-state index in [1.165, 1.54) is 0 Å². The second kappa shape index (κ2) is 7.35. The normalized spacial score (nSPS) is 9.96. The number of carbonyl (C=O) groups excluding carboxylic acids is 1. The molecule has 0 bridgehead atoms. The van der Waals surface area contributed by atoms with Crippen LogP contribution in [-0.4, -0.2) is 11.2 Å². The highest BCUT2D eigenvalue weighted by molar-refractivity contribution is 8.03. The van der Waals surface area contributed by atoms with Crippen molar-refractivity contribution < 1.29 is 9.32 Å². The van der Waals surface area contributed by atoms with Crippen molar-refractivity contribution in [1.29, 1.82) is 5.26 Å². The number of benzene rings is 2. The molecule has 1 aromatic heterocycles. The van der Waals surface area contributed by atoms with Gasteiger partial charge in [-0.3, -0.25) is 5.32 Å². The van der Waals surface area contributed by atoms with Crippen LogP contribution in [-0.2, 0) is 0 Å². The van der Waals surface area contributed by atoms with Gasteiger partial charge in [-0.25, -0.2) is 4.79 Å². The molecule has 0 spiro atoms. The maximum absolute atomic E-state index is 12.0. The fourth-order valence-electron chi connectivity index (χ4n) is 2.01. The lowest BCUT2D eigenvalue weighted by molar-refractivity contribution is 0.262. The molecule has 3 aromatic rings. The summed E-state index contributed by atoms with van der Waals surface area (Å²) < 4.78 is 5.22. The summed E-state index contributed by atoms with van der Waals surface area (Å²) in [6, 6.07) is 17.7. The molecule has 0 aliphatic rings. The number of aromatic nitrogens is 1. The summed E-state index contributed by atoms with van der Waals surface area (Å²) in [5.41, 5.74) is 1.49. The van der Waals surface area contributed by atoms with Gasteiger partial charge in [0.15, 0.2) is 11.6 Å². The van der Waals surface area contributed by atoms with E-state index in [0.29, 0.717) is 17.3 Å². The zero-order valence-corrected chi connectivity index (χ0v) is 13.2. The summed E-state index contributed by atoms with van der Waals surface area (Å²) in [6.45, 7) is 0. The molecule has 24 heavy (non-hydrogen) atoms. The molecule has 2 aromatic carbocycles. The molecule has 0 atom stereocenters. The minimum absolute atomic E-state index is 0.322. The Morgan fingerprint density at radius 3 is 2.54 bits per heavy atom. The molecule has 3 rings (SSSR count). The predicted molar refractivity (Wildman–Crippen MR) is 92.5 cm³/mol. The molecule has 1 heterocycles. The van der Waals surface area contributed by atoms with Gasteiger partial charge in [0.1, 0.15) is 5.40 Å². The largest absolute Gasteiger partial charge is 0.354 e. The summed E-state index contributed by atoms with van der Waals surface area (Å²) >= 11 is 1.06. The minimum Gasteiger partial charge on any atom is -0.354 e. The minimum atomic E-state index is -0.427. The second-order valence-corrected chi connectivity index (χ2v) is 5.60. The maximum atomic E-state index is 12.0. The lowest BCUT2D eigenvalue weighted by atomic mass is 10.2. The molecule has 0 fully saturated rings. The van der Waals surface area contributed by atoms with Crippen LogP contribution in [0.1, 0.15) is 0 Å². The molecule has 2 N–H and O–H groups in total. The average molecular weight is 336 g/mol. The van der Waals surface area contributed by atoms with E-state index in [1.54, 1.807) is 30.3 Å². The number of nitrogens with one attached hydrogen (secondary N) is 2. The van der Waals surface area contributed by atoms with Crippen molar-refractivity contribution in [3.8, 4) is 16.7 Å². The molecule has 118 valence electrons. The molecule has 6 nitrogen and oxygen atoms in total. The van der Waals surface area contributed by atoms with Gasteiger partial charge in [-0.15, -0.1) is 0 Å². The number of carbonyl (C=O) groups is 1.